The molecule has 114 valence electrons. The molecule has 2 aromatic carbocycles. The fourth-order valence-electron chi connectivity index (χ4n) is 2.56. The van der Waals surface area contributed by atoms with E-state index in [1.165, 1.54) is 31.4 Å². The van der Waals surface area contributed by atoms with Crippen LogP contribution in [0.1, 0.15) is 22.0 Å². The maximum Gasteiger partial charge on any atom is 0.172 e. The van der Waals surface area contributed by atoms with Gasteiger partial charge in [0, 0.05) is 11.1 Å². The Morgan fingerprint density at radius 1 is 1.23 bits per heavy atom. The van der Waals surface area contributed by atoms with Gasteiger partial charge in [0.1, 0.15) is 23.9 Å². The number of ketones is 1. The number of aromatic hydroxyl groups is 1. The molecule has 0 aliphatic carbocycles. The molecule has 0 spiro atoms. The van der Waals surface area contributed by atoms with Gasteiger partial charge in [-0.2, -0.15) is 0 Å². The third-order valence-corrected chi connectivity index (χ3v) is 3.82. The summed E-state index contributed by atoms with van der Waals surface area (Å²) < 4.78 is 10.7. The van der Waals surface area contributed by atoms with E-state index in [2.05, 4.69) is 0 Å². The summed E-state index contributed by atoms with van der Waals surface area (Å²) in [6.07, 6.45) is -0.958. The second kappa shape index (κ2) is 5.69. The molecule has 0 amide bonds. The molecule has 0 saturated carbocycles. The van der Waals surface area contributed by atoms with Gasteiger partial charge in [-0.05, 0) is 42.5 Å². The van der Waals surface area contributed by atoms with E-state index >= 15 is 0 Å². The van der Waals surface area contributed by atoms with Crippen molar-refractivity contribution in [3.8, 4) is 17.2 Å². The zero-order valence-corrected chi connectivity index (χ0v) is 12.0. The zero-order valence-electron chi connectivity index (χ0n) is 12.0. The molecule has 2 unspecified atom stereocenters. The molecule has 2 aromatic rings. The molecule has 0 radical (unpaired) electrons. The summed E-state index contributed by atoms with van der Waals surface area (Å²) in [6.45, 7) is 0.111. The number of methoxy groups -OCH3 is 1. The third-order valence-electron chi connectivity index (χ3n) is 3.82. The van der Waals surface area contributed by atoms with Crippen LogP contribution < -0.4 is 9.47 Å². The highest BCUT2D eigenvalue weighted by Gasteiger charge is 2.35. The summed E-state index contributed by atoms with van der Waals surface area (Å²) >= 11 is 0. The molecule has 1 aliphatic rings. The number of benzene rings is 2. The Kier molecular flexibility index (Phi) is 3.73. The summed E-state index contributed by atoms with van der Waals surface area (Å²) in [5, 5.41) is 19.8. The number of hydrogen-bond donors (Lipinski definition) is 2. The molecule has 5 nitrogen and oxygen atoms in total. The molecule has 0 saturated heterocycles. The molecule has 2 N–H and O–H groups in total. The maximum atomic E-state index is 12.5. The number of phenolic OH excluding ortho intramolecular Hbond substituents is 1. The largest absolute Gasteiger partial charge is 0.508 e. The van der Waals surface area contributed by atoms with Crippen molar-refractivity contribution < 1.29 is 24.5 Å². The van der Waals surface area contributed by atoms with Gasteiger partial charge in [0.15, 0.2) is 5.78 Å². The van der Waals surface area contributed by atoms with Crippen LogP contribution in [0.2, 0.25) is 0 Å². The summed E-state index contributed by atoms with van der Waals surface area (Å²) in [7, 11) is 1.54. The van der Waals surface area contributed by atoms with Crippen LogP contribution in [0.15, 0.2) is 42.5 Å². The normalized spacial score (nSPS) is 19.9. The van der Waals surface area contributed by atoms with E-state index in [1.807, 2.05) is 0 Å². The number of phenols is 1. The zero-order chi connectivity index (χ0) is 15.7. The SMILES string of the molecule is COc1ccc2c(c1)C(O)C(C(=O)c1ccc(O)cc1)CO2. The van der Waals surface area contributed by atoms with Crippen molar-refractivity contribution in [3.63, 3.8) is 0 Å². The average Bonchev–Trinajstić information content (AvgIpc) is 2.55. The Bertz CT molecular complexity index is 693. The number of fused-ring (bicyclic) bond motifs is 1. The maximum absolute atomic E-state index is 12.5. The van der Waals surface area contributed by atoms with Gasteiger partial charge in [-0.15, -0.1) is 0 Å². The first-order valence-corrected chi connectivity index (χ1v) is 6.92. The number of aliphatic hydroxyl groups is 1. The highest BCUT2D eigenvalue weighted by molar-refractivity contribution is 5.98. The number of Topliss-reactive ketones (excluding diaryl/α,β-unsaturated/α-hetero) is 1. The number of carbonyl (C=O) groups excluding carboxylic acids is 1. The van der Waals surface area contributed by atoms with E-state index in [9.17, 15) is 15.0 Å². The van der Waals surface area contributed by atoms with Gasteiger partial charge < -0.3 is 19.7 Å². The molecule has 5 heteroatoms. The van der Waals surface area contributed by atoms with Crippen LogP contribution in [0, 0.1) is 5.92 Å². The van der Waals surface area contributed by atoms with E-state index in [0.29, 0.717) is 22.6 Å². The van der Waals surface area contributed by atoms with Gasteiger partial charge >= 0.3 is 0 Å². The van der Waals surface area contributed by atoms with Gasteiger partial charge in [0.25, 0.3) is 0 Å². The molecule has 3 rings (SSSR count). The van der Waals surface area contributed by atoms with Crippen LogP contribution in [-0.2, 0) is 0 Å². The lowest BCUT2D eigenvalue weighted by Gasteiger charge is -2.29. The second-order valence-electron chi connectivity index (χ2n) is 5.18. The number of hydrogen-bond acceptors (Lipinski definition) is 5. The van der Waals surface area contributed by atoms with Gasteiger partial charge in [-0.3, -0.25) is 4.79 Å². The average molecular weight is 300 g/mol. The Balaban J connectivity index is 1.89. The van der Waals surface area contributed by atoms with Crippen LogP contribution in [0.25, 0.3) is 0 Å². The highest BCUT2D eigenvalue weighted by atomic mass is 16.5. The van der Waals surface area contributed by atoms with Crippen molar-refractivity contribution in [2.45, 2.75) is 6.10 Å². The number of carbonyl (C=O) groups is 1. The Labute approximate surface area is 127 Å². The topological polar surface area (TPSA) is 76.0 Å². The molecule has 1 aliphatic heterocycles. The third kappa shape index (κ3) is 2.51. The summed E-state index contributed by atoms with van der Waals surface area (Å²) in [6, 6.07) is 11.1. The van der Waals surface area contributed by atoms with Gasteiger partial charge in [-0.25, -0.2) is 0 Å². The second-order valence-corrected chi connectivity index (χ2v) is 5.18. The molecule has 22 heavy (non-hydrogen) atoms. The first kappa shape index (κ1) is 14.4. The van der Waals surface area contributed by atoms with Gasteiger partial charge in [0.05, 0.1) is 19.1 Å². The molecule has 0 bridgehead atoms. The van der Waals surface area contributed by atoms with E-state index < -0.39 is 12.0 Å². The van der Waals surface area contributed by atoms with E-state index in [4.69, 9.17) is 9.47 Å². The minimum absolute atomic E-state index is 0.0899. The quantitative estimate of drug-likeness (QED) is 0.851. The molecule has 2 atom stereocenters. The van der Waals surface area contributed by atoms with Crippen molar-refractivity contribution in [1.29, 1.82) is 0 Å². The van der Waals surface area contributed by atoms with Crippen LogP contribution >= 0.6 is 0 Å². The van der Waals surface area contributed by atoms with Crippen molar-refractivity contribution in [1.82, 2.24) is 0 Å². The smallest absolute Gasteiger partial charge is 0.172 e. The summed E-state index contributed by atoms with van der Waals surface area (Å²) in [5.74, 6) is 0.333. The summed E-state index contributed by atoms with van der Waals surface area (Å²) in [5.41, 5.74) is 0.972. The molecule has 0 aromatic heterocycles. The first-order valence-electron chi connectivity index (χ1n) is 6.92. The van der Waals surface area contributed by atoms with Crippen LogP contribution in [0.4, 0.5) is 0 Å². The number of aliphatic hydroxyl groups excluding tert-OH is 1. The van der Waals surface area contributed by atoms with Gasteiger partial charge in [0.2, 0.25) is 0 Å². The van der Waals surface area contributed by atoms with Crippen molar-refractivity contribution in [2.75, 3.05) is 13.7 Å². The van der Waals surface area contributed by atoms with E-state index in [1.54, 1.807) is 18.2 Å². The predicted octanol–water partition coefficient (Wildman–Crippen LogP) is 2.33. The molecular weight excluding hydrogens is 284 g/mol. The summed E-state index contributed by atoms with van der Waals surface area (Å²) in [4.78, 5) is 12.5. The van der Waals surface area contributed by atoms with Crippen molar-refractivity contribution in [2.24, 2.45) is 5.92 Å². The van der Waals surface area contributed by atoms with E-state index in [0.717, 1.165) is 0 Å². The highest BCUT2D eigenvalue weighted by Crippen LogP contribution is 2.38. The number of rotatable bonds is 3. The van der Waals surface area contributed by atoms with E-state index in [-0.39, 0.29) is 18.1 Å². The lowest BCUT2D eigenvalue weighted by molar-refractivity contribution is 0.0416. The standard InChI is InChI=1S/C17H16O5/c1-21-12-6-7-15-13(8-12)17(20)14(9-22-15)16(19)10-2-4-11(18)5-3-10/h2-8,14,17-18,20H,9H2,1H3. The van der Waals surface area contributed by atoms with Gasteiger partial charge in [-0.1, -0.05) is 0 Å². The van der Waals surface area contributed by atoms with Crippen molar-refractivity contribution in [3.05, 3.63) is 53.6 Å². The Hall–Kier alpha value is -2.53. The first-order chi connectivity index (χ1) is 10.6. The predicted molar refractivity (Wildman–Crippen MR) is 79.4 cm³/mol. The lowest BCUT2D eigenvalue weighted by Crippen LogP contribution is -2.32. The minimum Gasteiger partial charge on any atom is -0.508 e. The Morgan fingerprint density at radius 2 is 1.95 bits per heavy atom. The fourth-order valence-corrected chi connectivity index (χ4v) is 2.56. The Morgan fingerprint density at radius 3 is 2.64 bits per heavy atom. The minimum atomic E-state index is -0.958. The van der Waals surface area contributed by atoms with Crippen LogP contribution in [-0.4, -0.2) is 29.7 Å². The monoisotopic (exact) mass is 300 g/mol. The van der Waals surface area contributed by atoms with Crippen molar-refractivity contribution >= 4 is 5.78 Å². The molecule has 1 heterocycles. The van der Waals surface area contributed by atoms with Crippen LogP contribution in [0.5, 0.6) is 17.2 Å². The lowest BCUT2D eigenvalue weighted by atomic mass is 9.87. The molecule has 0 fully saturated rings. The van der Waals surface area contributed by atoms with Crippen LogP contribution in [0.3, 0.4) is 0 Å². The fraction of sp³-hybridized carbons (Fsp3) is 0.235. The molecular formula is C17H16O5. The number of ether oxygens (including phenoxy) is 2.